The molecule has 0 fully saturated rings. The minimum absolute atomic E-state index is 0.0916. The molecule has 0 unspecified atom stereocenters. The average molecular weight is 334 g/mol. The van der Waals surface area contributed by atoms with E-state index < -0.39 is 21.9 Å². The zero-order valence-electron chi connectivity index (χ0n) is 11.9. The maximum absolute atomic E-state index is 12.0. The Hall–Kier alpha value is -2.71. The van der Waals surface area contributed by atoms with Gasteiger partial charge in [0.15, 0.2) is 0 Å². The predicted octanol–water partition coefficient (Wildman–Crippen LogP) is 1.43. The molecule has 2 rings (SSSR count). The van der Waals surface area contributed by atoms with E-state index in [9.17, 15) is 18.0 Å². The molecule has 0 aliphatic heterocycles. The van der Waals surface area contributed by atoms with E-state index >= 15 is 0 Å². The zero-order chi connectivity index (χ0) is 17.0. The summed E-state index contributed by atoms with van der Waals surface area (Å²) < 4.78 is 22.0. The van der Waals surface area contributed by atoms with Crippen molar-refractivity contribution in [3.63, 3.8) is 0 Å². The number of nitrogens with two attached hydrogens (primary N) is 1. The maximum atomic E-state index is 12.0. The van der Waals surface area contributed by atoms with E-state index in [0.717, 1.165) is 0 Å². The summed E-state index contributed by atoms with van der Waals surface area (Å²) >= 11 is 0. The fraction of sp³-hybridized carbons (Fsp3) is 0.0667. The largest absolute Gasteiger partial charge is 0.478 e. The Balaban J connectivity index is 2.06. The van der Waals surface area contributed by atoms with Crippen LogP contribution in [0.15, 0.2) is 48.5 Å². The standard InChI is InChI=1S/C15H14N2O5S/c16-23(21,22)9-10-1-7-13(8-2-10)17-14(18)11-3-5-12(6-4-11)15(19)20/h1-8H,9H2,(H,17,18)(H,19,20)(H2,16,21,22). The Bertz CT molecular complexity index is 827. The van der Waals surface area contributed by atoms with Crippen molar-refractivity contribution in [1.82, 2.24) is 0 Å². The molecule has 7 nitrogen and oxygen atoms in total. The molecular weight excluding hydrogens is 320 g/mol. The second-order valence-electron chi connectivity index (χ2n) is 4.84. The molecule has 1 amide bonds. The van der Waals surface area contributed by atoms with E-state index in [2.05, 4.69) is 5.32 Å². The van der Waals surface area contributed by atoms with Crippen LogP contribution in [0.3, 0.4) is 0 Å². The average Bonchev–Trinajstić information content (AvgIpc) is 2.48. The molecule has 0 saturated carbocycles. The highest BCUT2D eigenvalue weighted by Crippen LogP contribution is 2.13. The minimum Gasteiger partial charge on any atom is -0.478 e. The van der Waals surface area contributed by atoms with Gasteiger partial charge in [-0.1, -0.05) is 12.1 Å². The first kappa shape index (κ1) is 16.7. The first-order valence-electron chi connectivity index (χ1n) is 6.49. The number of hydrogen-bond acceptors (Lipinski definition) is 4. The number of carboxylic acid groups (broad SMARTS) is 1. The van der Waals surface area contributed by atoms with Crippen molar-refractivity contribution >= 4 is 27.6 Å². The van der Waals surface area contributed by atoms with Crippen molar-refractivity contribution in [2.75, 3.05) is 5.32 Å². The molecule has 0 saturated heterocycles. The van der Waals surface area contributed by atoms with Gasteiger partial charge < -0.3 is 10.4 Å². The number of primary sulfonamides is 1. The lowest BCUT2D eigenvalue weighted by Gasteiger charge is -2.07. The summed E-state index contributed by atoms with van der Waals surface area (Å²) in [5.41, 5.74) is 1.39. The van der Waals surface area contributed by atoms with Crippen LogP contribution >= 0.6 is 0 Å². The Labute approximate surface area is 132 Å². The predicted molar refractivity (Wildman–Crippen MR) is 84.6 cm³/mol. The molecule has 0 radical (unpaired) electrons. The van der Waals surface area contributed by atoms with Crippen LogP contribution in [0.2, 0.25) is 0 Å². The molecule has 0 aromatic heterocycles. The van der Waals surface area contributed by atoms with E-state index in [-0.39, 0.29) is 11.3 Å². The van der Waals surface area contributed by atoms with Gasteiger partial charge in [-0.05, 0) is 42.0 Å². The van der Waals surface area contributed by atoms with E-state index in [0.29, 0.717) is 16.8 Å². The van der Waals surface area contributed by atoms with Gasteiger partial charge >= 0.3 is 5.97 Å². The number of amides is 1. The number of hydrogen-bond donors (Lipinski definition) is 3. The van der Waals surface area contributed by atoms with Crippen LogP contribution in [-0.4, -0.2) is 25.4 Å². The number of benzene rings is 2. The number of aromatic carboxylic acids is 1. The van der Waals surface area contributed by atoms with E-state index in [1.54, 1.807) is 24.3 Å². The molecule has 2 aromatic rings. The number of carbonyl (C=O) groups is 2. The number of sulfonamides is 1. The third kappa shape index (κ3) is 4.90. The molecule has 0 spiro atoms. The van der Waals surface area contributed by atoms with Gasteiger partial charge in [-0.2, -0.15) is 0 Å². The molecule has 0 bridgehead atoms. The van der Waals surface area contributed by atoms with Gasteiger partial charge in [0.1, 0.15) is 0 Å². The van der Waals surface area contributed by atoms with Gasteiger partial charge in [0.05, 0.1) is 11.3 Å². The second kappa shape index (κ2) is 6.59. The molecule has 0 atom stereocenters. The lowest BCUT2D eigenvalue weighted by atomic mass is 10.1. The van der Waals surface area contributed by atoms with Crippen molar-refractivity contribution in [2.24, 2.45) is 5.14 Å². The summed E-state index contributed by atoms with van der Waals surface area (Å²) in [5.74, 6) is -1.75. The third-order valence-corrected chi connectivity index (χ3v) is 3.71. The summed E-state index contributed by atoms with van der Waals surface area (Å²) in [4.78, 5) is 22.8. The van der Waals surface area contributed by atoms with E-state index in [1.807, 2.05) is 0 Å². The van der Waals surface area contributed by atoms with Crippen LogP contribution in [0.4, 0.5) is 5.69 Å². The summed E-state index contributed by atoms with van der Waals surface area (Å²) in [6.07, 6.45) is 0. The minimum atomic E-state index is -3.60. The number of carbonyl (C=O) groups excluding carboxylic acids is 1. The molecule has 2 aromatic carbocycles. The summed E-state index contributed by atoms with van der Waals surface area (Å²) in [6.45, 7) is 0. The Kier molecular flexibility index (Phi) is 4.77. The fourth-order valence-corrected chi connectivity index (χ4v) is 2.54. The third-order valence-electron chi connectivity index (χ3n) is 2.97. The fourth-order valence-electron chi connectivity index (χ4n) is 1.88. The zero-order valence-corrected chi connectivity index (χ0v) is 12.7. The highest BCUT2D eigenvalue weighted by atomic mass is 32.2. The van der Waals surface area contributed by atoms with E-state index in [4.69, 9.17) is 10.2 Å². The van der Waals surface area contributed by atoms with Gasteiger partial charge in [-0.15, -0.1) is 0 Å². The number of carboxylic acids is 1. The molecule has 8 heteroatoms. The van der Waals surface area contributed by atoms with Crippen LogP contribution < -0.4 is 10.5 Å². The highest BCUT2D eigenvalue weighted by molar-refractivity contribution is 7.88. The number of nitrogens with one attached hydrogen (secondary N) is 1. The van der Waals surface area contributed by atoms with Crippen LogP contribution in [0.5, 0.6) is 0 Å². The molecule has 0 aliphatic carbocycles. The lowest BCUT2D eigenvalue weighted by molar-refractivity contribution is 0.0696. The second-order valence-corrected chi connectivity index (χ2v) is 6.46. The molecule has 120 valence electrons. The molecule has 23 heavy (non-hydrogen) atoms. The van der Waals surface area contributed by atoms with Crippen molar-refractivity contribution in [3.05, 3.63) is 65.2 Å². The Morgan fingerprint density at radius 2 is 1.48 bits per heavy atom. The van der Waals surface area contributed by atoms with E-state index in [1.165, 1.54) is 24.3 Å². The van der Waals surface area contributed by atoms with Crippen molar-refractivity contribution < 1.29 is 23.1 Å². The van der Waals surface area contributed by atoms with Crippen LogP contribution in [0, 0.1) is 0 Å². The SMILES string of the molecule is NS(=O)(=O)Cc1ccc(NC(=O)c2ccc(C(=O)O)cc2)cc1. The smallest absolute Gasteiger partial charge is 0.335 e. The topological polar surface area (TPSA) is 127 Å². The van der Waals surface area contributed by atoms with Crippen molar-refractivity contribution in [1.29, 1.82) is 0 Å². The van der Waals surface area contributed by atoms with Crippen LogP contribution in [0.1, 0.15) is 26.3 Å². The molecule has 0 heterocycles. The van der Waals surface area contributed by atoms with Gasteiger partial charge in [-0.25, -0.2) is 18.4 Å². The maximum Gasteiger partial charge on any atom is 0.335 e. The lowest BCUT2D eigenvalue weighted by Crippen LogP contribution is -2.15. The number of anilines is 1. The monoisotopic (exact) mass is 334 g/mol. The van der Waals surface area contributed by atoms with Crippen molar-refractivity contribution in [2.45, 2.75) is 5.75 Å². The summed E-state index contributed by atoms with van der Waals surface area (Å²) in [5, 5.41) is 16.4. The normalized spacial score (nSPS) is 11.0. The first-order chi connectivity index (χ1) is 10.7. The Morgan fingerprint density at radius 3 is 1.96 bits per heavy atom. The van der Waals surface area contributed by atoms with Gasteiger partial charge in [0.25, 0.3) is 5.91 Å². The number of rotatable bonds is 5. The van der Waals surface area contributed by atoms with Crippen LogP contribution in [-0.2, 0) is 15.8 Å². The van der Waals surface area contributed by atoms with Gasteiger partial charge in [0.2, 0.25) is 10.0 Å². The Morgan fingerprint density at radius 1 is 0.957 bits per heavy atom. The quantitative estimate of drug-likeness (QED) is 0.762. The summed E-state index contributed by atoms with van der Waals surface area (Å²) in [7, 11) is -3.60. The first-order valence-corrected chi connectivity index (χ1v) is 8.20. The van der Waals surface area contributed by atoms with Gasteiger partial charge in [-0.3, -0.25) is 4.79 Å². The van der Waals surface area contributed by atoms with Gasteiger partial charge in [0, 0.05) is 11.3 Å². The van der Waals surface area contributed by atoms with Crippen molar-refractivity contribution in [3.8, 4) is 0 Å². The van der Waals surface area contributed by atoms with Crippen LogP contribution in [0.25, 0.3) is 0 Å². The summed E-state index contributed by atoms with van der Waals surface area (Å²) in [6, 6.07) is 11.7. The molecular formula is C15H14N2O5S. The molecule has 4 N–H and O–H groups in total. The molecule has 0 aliphatic rings. The highest BCUT2D eigenvalue weighted by Gasteiger charge is 2.09.